The lowest BCUT2D eigenvalue weighted by Gasteiger charge is -2.29. The van der Waals surface area contributed by atoms with E-state index in [0.29, 0.717) is 21.7 Å². The summed E-state index contributed by atoms with van der Waals surface area (Å²) in [5.41, 5.74) is 1.62. The Hall–Kier alpha value is -2.04. The van der Waals surface area contributed by atoms with Crippen molar-refractivity contribution in [2.75, 3.05) is 23.3 Å². The number of hydrogen-bond acceptors (Lipinski definition) is 4. The van der Waals surface area contributed by atoms with Crippen LogP contribution in [0.2, 0.25) is 10.0 Å². The van der Waals surface area contributed by atoms with Gasteiger partial charge in [0.1, 0.15) is 5.82 Å². The summed E-state index contributed by atoms with van der Waals surface area (Å²) in [6.45, 7) is 2.05. The van der Waals surface area contributed by atoms with Crippen molar-refractivity contribution >= 4 is 51.6 Å². The summed E-state index contributed by atoms with van der Waals surface area (Å²) in [6.07, 6.45) is 3.67. The van der Waals surface area contributed by atoms with E-state index >= 15 is 0 Å². The normalized spacial score (nSPS) is 14.7. The molecule has 1 N–H and O–H groups in total. The monoisotopic (exact) mass is 372 g/mol. The van der Waals surface area contributed by atoms with Crippen molar-refractivity contribution in [3.05, 3.63) is 52.5 Å². The number of halogens is 2. The minimum atomic E-state index is 0.531. The summed E-state index contributed by atoms with van der Waals surface area (Å²) in [5, 5.41) is 5.49. The second-order valence-corrected chi connectivity index (χ2v) is 7.03. The van der Waals surface area contributed by atoms with E-state index in [9.17, 15) is 0 Å². The van der Waals surface area contributed by atoms with E-state index < -0.39 is 0 Å². The largest absolute Gasteiger partial charge is 0.356 e. The summed E-state index contributed by atoms with van der Waals surface area (Å²) in [6, 6.07) is 13.4. The zero-order chi connectivity index (χ0) is 17.2. The van der Waals surface area contributed by atoms with Gasteiger partial charge in [-0.2, -0.15) is 4.98 Å². The van der Waals surface area contributed by atoms with Crippen molar-refractivity contribution in [3.8, 4) is 0 Å². The molecule has 2 heterocycles. The topological polar surface area (TPSA) is 41.1 Å². The maximum atomic E-state index is 6.27. The molecule has 0 atom stereocenters. The van der Waals surface area contributed by atoms with Gasteiger partial charge in [-0.05, 0) is 49.6 Å². The van der Waals surface area contributed by atoms with E-state index in [1.807, 2.05) is 18.2 Å². The Morgan fingerprint density at radius 2 is 1.72 bits per heavy atom. The summed E-state index contributed by atoms with van der Waals surface area (Å²) in [7, 11) is 0. The van der Waals surface area contributed by atoms with Crippen LogP contribution in [0.5, 0.6) is 0 Å². The third kappa shape index (κ3) is 3.51. The number of anilines is 3. The van der Waals surface area contributed by atoms with Gasteiger partial charge in [0.2, 0.25) is 5.95 Å². The van der Waals surface area contributed by atoms with Crippen LogP contribution in [0.3, 0.4) is 0 Å². The second kappa shape index (κ2) is 7.06. The van der Waals surface area contributed by atoms with Gasteiger partial charge in [-0.3, -0.25) is 0 Å². The maximum Gasteiger partial charge on any atom is 0.229 e. The number of aromatic nitrogens is 2. The number of rotatable bonds is 3. The molecule has 4 nitrogen and oxygen atoms in total. The van der Waals surface area contributed by atoms with E-state index in [0.717, 1.165) is 29.8 Å². The fourth-order valence-electron chi connectivity index (χ4n) is 3.18. The van der Waals surface area contributed by atoms with Gasteiger partial charge < -0.3 is 10.2 Å². The number of piperidine rings is 1. The fraction of sp³-hybridized carbons (Fsp3) is 0.263. The quantitative estimate of drug-likeness (QED) is 0.642. The Morgan fingerprint density at radius 3 is 2.56 bits per heavy atom. The number of hydrogen-bond donors (Lipinski definition) is 1. The van der Waals surface area contributed by atoms with Gasteiger partial charge in [0.05, 0.1) is 16.2 Å². The lowest BCUT2D eigenvalue weighted by Crippen LogP contribution is -2.30. The van der Waals surface area contributed by atoms with E-state index in [-0.39, 0.29) is 0 Å². The number of para-hydroxylation sites is 1. The average molecular weight is 373 g/mol. The van der Waals surface area contributed by atoms with Crippen molar-refractivity contribution in [1.82, 2.24) is 9.97 Å². The van der Waals surface area contributed by atoms with Crippen LogP contribution in [0.15, 0.2) is 42.5 Å². The molecule has 1 saturated heterocycles. The summed E-state index contributed by atoms with van der Waals surface area (Å²) in [5.74, 6) is 1.51. The Morgan fingerprint density at radius 1 is 0.920 bits per heavy atom. The van der Waals surface area contributed by atoms with Crippen molar-refractivity contribution in [3.63, 3.8) is 0 Å². The molecule has 0 saturated carbocycles. The molecule has 4 rings (SSSR count). The molecule has 0 amide bonds. The third-order valence-electron chi connectivity index (χ3n) is 4.41. The molecular formula is C19H18Cl2N4. The predicted octanol–water partition coefficient (Wildman–Crippen LogP) is 5.67. The number of benzene rings is 2. The maximum absolute atomic E-state index is 6.27. The van der Waals surface area contributed by atoms with E-state index in [1.54, 1.807) is 18.2 Å². The fourth-order valence-corrected chi connectivity index (χ4v) is 3.51. The first kappa shape index (κ1) is 16.4. The average Bonchev–Trinajstić information content (AvgIpc) is 2.65. The highest BCUT2D eigenvalue weighted by Gasteiger charge is 2.17. The Bertz CT molecular complexity index is 907. The van der Waals surface area contributed by atoms with Crippen LogP contribution in [0.25, 0.3) is 10.9 Å². The molecule has 2 aromatic carbocycles. The lowest BCUT2D eigenvalue weighted by atomic mass is 10.1. The SMILES string of the molecule is Clc1ccc(Cl)c(Nc2nc(N3CCCCC3)c3ccccc3n2)c1. The molecule has 25 heavy (non-hydrogen) atoms. The van der Waals surface area contributed by atoms with Crippen LogP contribution in [0.4, 0.5) is 17.5 Å². The van der Waals surface area contributed by atoms with Crippen molar-refractivity contribution in [1.29, 1.82) is 0 Å². The molecule has 128 valence electrons. The summed E-state index contributed by atoms with van der Waals surface area (Å²) >= 11 is 12.3. The van der Waals surface area contributed by atoms with Gasteiger partial charge in [0.25, 0.3) is 0 Å². The molecule has 3 aromatic rings. The van der Waals surface area contributed by atoms with Crippen molar-refractivity contribution < 1.29 is 0 Å². The first-order valence-electron chi connectivity index (χ1n) is 8.44. The minimum Gasteiger partial charge on any atom is -0.356 e. The molecule has 0 radical (unpaired) electrons. The number of fused-ring (bicyclic) bond motifs is 1. The third-order valence-corrected chi connectivity index (χ3v) is 4.98. The summed E-state index contributed by atoms with van der Waals surface area (Å²) in [4.78, 5) is 11.8. The van der Waals surface area contributed by atoms with E-state index in [4.69, 9.17) is 28.2 Å². The van der Waals surface area contributed by atoms with E-state index in [2.05, 4.69) is 21.3 Å². The Labute approximate surface area is 156 Å². The molecule has 0 unspecified atom stereocenters. The number of nitrogens with one attached hydrogen (secondary N) is 1. The van der Waals surface area contributed by atoms with Gasteiger partial charge in [0.15, 0.2) is 0 Å². The van der Waals surface area contributed by atoms with Crippen LogP contribution < -0.4 is 10.2 Å². The van der Waals surface area contributed by atoms with Crippen LogP contribution in [-0.2, 0) is 0 Å². The van der Waals surface area contributed by atoms with Crippen LogP contribution in [-0.4, -0.2) is 23.1 Å². The molecule has 1 aromatic heterocycles. The minimum absolute atomic E-state index is 0.531. The van der Waals surface area contributed by atoms with Gasteiger partial charge in [0, 0.05) is 23.5 Å². The summed E-state index contributed by atoms with van der Waals surface area (Å²) < 4.78 is 0. The number of nitrogens with zero attached hydrogens (tertiary/aromatic N) is 3. The van der Waals surface area contributed by atoms with Gasteiger partial charge in [-0.1, -0.05) is 35.3 Å². The Balaban J connectivity index is 1.77. The van der Waals surface area contributed by atoms with Crippen molar-refractivity contribution in [2.24, 2.45) is 0 Å². The van der Waals surface area contributed by atoms with Crippen LogP contribution >= 0.6 is 23.2 Å². The second-order valence-electron chi connectivity index (χ2n) is 6.18. The molecule has 6 heteroatoms. The van der Waals surface area contributed by atoms with Crippen LogP contribution in [0.1, 0.15) is 19.3 Å². The van der Waals surface area contributed by atoms with E-state index in [1.165, 1.54) is 19.3 Å². The first-order valence-corrected chi connectivity index (χ1v) is 9.20. The molecule has 0 bridgehead atoms. The molecule has 0 spiro atoms. The molecule has 1 fully saturated rings. The van der Waals surface area contributed by atoms with Gasteiger partial charge in [-0.25, -0.2) is 4.98 Å². The highest BCUT2D eigenvalue weighted by Crippen LogP contribution is 2.31. The van der Waals surface area contributed by atoms with Gasteiger partial charge >= 0.3 is 0 Å². The lowest BCUT2D eigenvalue weighted by molar-refractivity contribution is 0.575. The van der Waals surface area contributed by atoms with Crippen molar-refractivity contribution in [2.45, 2.75) is 19.3 Å². The van der Waals surface area contributed by atoms with Gasteiger partial charge in [-0.15, -0.1) is 0 Å². The molecule has 0 aliphatic carbocycles. The predicted molar refractivity (Wildman–Crippen MR) is 105 cm³/mol. The first-order chi connectivity index (χ1) is 12.2. The highest BCUT2D eigenvalue weighted by molar-refractivity contribution is 6.35. The smallest absolute Gasteiger partial charge is 0.229 e. The Kier molecular flexibility index (Phi) is 4.64. The van der Waals surface area contributed by atoms with Crippen LogP contribution in [0, 0.1) is 0 Å². The standard InChI is InChI=1S/C19H18Cl2N4/c20-13-8-9-15(21)17(12-13)23-19-22-16-7-3-2-6-14(16)18(24-19)25-10-4-1-5-11-25/h2-3,6-9,12H,1,4-5,10-11H2,(H,22,23,24). The molecule has 1 aliphatic heterocycles. The molecular weight excluding hydrogens is 355 g/mol. The zero-order valence-electron chi connectivity index (χ0n) is 13.7. The highest BCUT2D eigenvalue weighted by atomic mass is 35.5. The molecule has 1 aliphatic rings. The zero-order valence-corrected chi connectivity index (χ0v) is 15.2.